The van der Waals surface area contributed by atoms with E-state index in [1.165, 1.54) is 12.5 Å². The van der Waals surface area contributed by atoms with Crippen LogP contribution in [0.3, 0.4) is 0 Å². The summed E-state index contributed by atoms with van der Waals surface area (Å²) in [7, 11) is 0. The Balaban J connectivity index is 1.80. The molecule has 0 spiro atoms. The van der Waals surface area contributed by atoms with E-state index in [2.05, 4.69) is 22.8 Å². The van der Waals surface area contributed by atoms with E-state index in [0.717, 1.165) is 24.0 Å². The molecule has 0 fully saturated rings. The van der Waals surface area contributed by atoms with Gasteiger partial charge in [0.1, 0.15) is 11.4 Å². The molecule has 3 rings (SSSR count). The van der Waals surface area contributed by atoms with Gasteiger partial charge in [0.15, 0.2) is 0 Å². The zero-order valence-electron chi connectivity index (χ0n) is 20.7. The average molecular weight is 473 g/mol. The maximum atomic E-state index is 13.0. The number of carbonyl (C=O) groups excluding carboxylic acids is 3. The first-order valence-corrected chi connectivity index (χ1v) is 11.7. The monoisotopic (exact) mass is 472 g/mol. The first-order chi connectivity index (χ1) is 16.6. The van der Waals surface area contributed by atoms with E-state index in [4.69, 9.17) is 4.74 Å². The zero-order valence-corrected chi connectivity index (χ0v) is 20.7. The van der Waals surface area contributed by atoms with Crippen molar-refractivity contribution in [2.75, 3.05) is 10.6 Å². The van der Waals surface area contributed by atoms with Crippen LogP contribution in [0.2, 0.25) is 0 Å². The summed E-state index contributed by atoms with van der Waals surface area (Å²) in [5, 5.41) is 5.66. The summed E-state index contributed by atoms with van der Waals surface area (Å²) < 4.78 is 5.38. The largest absolute Gasteiger partial charge is 0.444 e. The summed E-state index contributed by atoms with van der Waals surface area (Å²) in [4.78, 5) is 36.7. The number of amides is 2. The standard InChI is InChI=1S/C29H32N2O4/c1-20(32)18-22-12-15-24(16-13-22)27(33)30-26-19-23(11-10-21-8-6-5-7-9-21)14-17-25(26)31-28(34)35-29(2,3)4/h5-9,12-17,19H,10-11,18H2,1-4H3,(H,30,33)(H,31,34). The molecule has 0 radical (unpaired) electrons. The number of ketones is 1. The molecule has 0 saturated heterocycles. The van der Waals surface area contributed by atoms with Crippen molar-refractivity contribution in [1.82, 2.24) is 0 Å². The van der Waals surface area contributed by atoms with E-state index in [1.807, 2.05) is 30.3 Å². The molecule has 3 aromatic rings. The second-order valence-corrected chi connectivity index (χ2v) is 9.52. The molecule has 0 aliphatic carbocycles. The lowest BCUT2D eigenvalue weighted by molar-refractivity contribution is -0.116. The topological polar surface area (TPSA) is 84.5 Å². The summed E-state index contributed by atoms with van der Waals surface area (Å²) in [5.74, 6) is -0.251. The summed E-state index contributed by atoms with van der Waals surface area (Å²) >= 11 is 0. The second kappa shape index (κ2) is 11.5. The molecule has 35 heavy (non-hydrogen) atoms. The van der Waals surface area contributed by atoms with E-state index in [9.17, 15) is 14.4 Å². The number of rotatable bonds is 8. The van der Waals surface area contributed by atoms with E-state index in [0.29, 0.717) is 23.4 Å². The Labute approximate surface area is 206 Å². The van der Waals surface area contributed by atoms with Crippen LogP contribution in [0.4, 0.5) is 16.2 Å². The van der Waals surface area contributed by atoms with Crippen molar-refractivity contribution in [2.45, 2.75) is 52.6 Å². The quantitative estimate of drug-likeness (QED) is 0.409. The van der Waals surface area contributed by atoms with E-state index >= 15 is 0 Å². The van der Waals surface area contributed by atoms with Crippen LogP contribution in [-0.2, 0) is 28.8 Å². The summed E-state index contributed by atoms with van der Waals surface area (Å²) in [6.45, 7) is 6.90. The molecule has 0 aromatic heterocycles. The van der Waals surface area contributed by atoms with Crippen LogP contribution in [0.15, 0.2) is 72.8 Å². The number of aryl methyl sites for hydroxylation is 2. The van der Waals surface area contributed by atoms with Crippen molar-refractivity contribution in [2.24, 2.45) is 0 Å². The maximum absolute atomic E-state index is 13.0. The van der Waals surface area contributed by atoms with Crippen LogP contribution >= 0.6 is 0 Å². The highest BCUT2D eigenvalue weighted by atomic mass is 16.6. The van der Waals surface area contributed by atoms with Crippen molar-refractivity contribution in [3.8, 4) is 0 Å². The third-order valence-corrected chi connectivity index (χ3v) is 5.18. The van der Waals surface area contributed by atoms with E-state index < -0.39 is 11.7 Å². The van der Waals surface area contributed by atoms with Gasteiger partial charge in [0.25, 0.3) is 5.91 Å². The molecule has 2 N–H and O–H groups in total. The van der Waals surface area contributed by atoms with Gasteiger partial charge in [0.2, 0.25) is 0 Å². The molecule has 0 aliphatic rings. The molecule has 6 nitrogen and oxygen atoms in total. The van der Waals surface area contributed by atoms with Gasteiger partial charge >= 0.3 is 6.09 Å². The fraction of sp³-hybridized carbons (Fsp3) is 0.276. The second-order valence-electron chi connectivity index (χ2n) is 9.52. The third-order valence-electron chi connectivity index (χ3n) is 5.18. The van der Waals surface area contributed by atoms with E-state index in [1.54, 1.807) is 51.1 Å². The minimum absolute atomic E-state index is 0.0624. The van der Waals surface area contributed by atoms with Gasteiger partial charge in [-0.05, 0) is 81.5 Å². The molecule has 0 saturated carbocycles. The molecular weight excluding hydrogens is 440 g/mol. The van der Waals surface area contributed by atoms with Crippen LogP contribution < -0.4 is 10.6 Å². The minimum Gasteiger partial charge on any atom is -0.444 e. The molecule has 6 heteroatoms. The van der Waals surface area contributed by atoms with Gasteiger partial charge in [-0.25, -0.2) is 4.79 Å². The van der Waals surface area contributed by atoms with Gasteiger partial charge in [0.05, 0.1) is 11.4 Å². The molecule has 0 unspecified atom stereocenters. The Morgan fingerprint density at radius 1 is 0.743 bits per heavy atom. The van der Waals surface area contributed by atoms with Gasteiger partial charge in [0, 0.05) is 12.0 Å². The zero-order chi connectivity index (χ0) is 25.4. The molecule has 182 valence electrons. The van der Waals surface area contributed by atoms with Crippen LogP contribution in [0.5, 0.6) is 0 Å². The Kier molecular flexibility index (Phi) is 8.42. The number of carbonyl (C=O) groups is 3. The number of ether oxygens (including phenoxy) is 1. The third kappa shape index (κ3) is 8.41. The van der Waals surface area contributed by atoms with E-state index in [-0.39, 0.29) is 11.7 Å². The number of nitrogens with one attached hydrogen (secondary N) is 2. The number of hydrogen-bond acceptors (Lipinski definition) is 4. The molecule has 0 bridgehead atoms. The number of hydrogen-bond donors (Lipinski definition) is 2. The Bertz CT molecular complexity index is 1180. The summed E-state index contributed by atoms with van der Waals surface area (Å²) in [5.41, 5.74) is 3.84. The fourth-order valence-electron chi connectivity index (χ4n) is 3.56. The lowest BCUT2D eigenvalue weighted by Gasteiger charge is -2.21. The van der Waals surface area contributed by atoms with Gasteiger partial charge < -0.3 is 10.1 Å². The van der Waals surface area contributed by atoms with Crippen LogP contribution in [-0.4, -0.2) is 23.4 Å². The molecule has 0 aliphatic heterocycles. The van der Waals surface area contributed by atoms with Gasteiger partial charge in [-0.2, -0.15) is 0 Å². The first kappa shape index (κ1) is 25.7. The summed E-state index contributed by atoms with van der Waals surface area (Å²) in [6.07, 6.45) is 1.36. The Hall–Kier alpha value is -3.93. The van der Waals surface area contributed by atoms with Gasteiger partial charge in [-0.1, -0.05) is 48.5 Å². The van der Waals surface area contributed by atoms with Crippen LogP contribution in [0.1, 0.15) is 54.7 Å². The van der Waals surface area contributed by atoms with Gasteiger partial charge in [-0.3, -0.25) is 14.9 Å². The predicted molar refractivity (Wildman–Crippen MR) is 139 cm³/mol. The average Bonchev–Trinajstić information content (AvgIpc) is 2.78. The highest BCUT2D eigenvalue weighted by Crippen LogP contribution is 2.26. The van der Waals surface area contributed by atoms with Crippen molar-refractivity contribution in [3.63, 3.8) is 0 Å². The highest BCUT2D eigenvalue weighted by molar-refractivity contribution is 6.07. The van der Waals surface area contributed by atoms with Crippen molar-refractivity contribution in [1.29, 1.82) is 0 Å². The maximum Gasteiger partial charge on any atom is 0.412 e. The molecule has 0 atom stereocenters. The lowest BCUT2D eigenvalue weighted by Crippen LogP contribution is -2.27. The summed E-state index contributed by atoms with van der Waals surface area (Å²) in [6, 6.07) is 22.7. The Morgan fingerprint density at radius 3 is 2.00 bits per heavy atom. The number of benzene rings is 3. The molecule has 2 amide bonds. The minimum atomic E-state index is -0.648. The SMILES string of the molecule is CC(=O)Cc1ccc(C(=O)Nc2cc(CCc3ccccc3)ccc2NC(=O)OC(C)(C)C)cc1. The van der Waals surface area contributed by atoms with Crippen LogP contribution in [0, 0.1) is 0 Å². The van der Waals surface area contributed by atoms with Crippen LogP contribution in [0.25, 0.3) is 0 Å². The highest BCUT2D eigenvalue weighted by Gasteiger charge is 2.18. The molecular formula is C29H32N2O4. The first-order valence-electron chi connectivity index (χ1n) is 11.7. The molecule has 3 aromatic carbocycles. The predicted octanol–water partition coefficient (Wildman–Crippen LogP) is 6.20. The Morgan fingerprint density at radius 2 is 1.37 bits per heavy atom. The number of Topliss-reactive ketones (excluding diaryl/α,β-unsaturated/α-hetero) is 1. The fourth-order valence-corrected chi connectivity index (χ4v) is 3.56. The van der Waals surface area contributed by atoms with Gasteiger partial charge in [-0.15, -0.1) is 0 Å². The van der Waals surface area contributed by atoms with Crippen molar-refractivity contribution in [3.05, 3.63) is 95.1 Å². The lowest BCUT2D eigenvalue weighted by atomic mass is 10.0. The molecule has 0 heterocycles. The smallest absolute Gasteiger partial charge is 0.412 e. The van der Waals surface area contributed by atoms with Crippen molar-refractivity contribution >= 4 is 29.2 Å². The normalized spacial score (nSPS) is 11.0. The number of anilines is 2. The van der Waals surface area contributed by atoms with Crippen molar-refractivity contribution < 1.29 is 19.1 Å².